The summed E-state index contributed by atoms with van der Waals surface area (Å²) >= 11 is 1.45. The third-order valence-corrected chi connectivity index (χ3v) is 6.04. The molecule has 11 heteroatoms. The molecular formula is C24H29FN6O3S. The van der Waals surface area contributed by atoms with Crippen LogP contribution in [0.4, 0.5) is 20.8 Å². The molecule has 1 saturated heterocycles. The number of carbonyl (C=O) groups is 1. The highest BCUT2D eigenvalue weighted by Crippen LogP contribution is 2.37. The Balaban J connectivity index is 1.50. The predicted octanol–water partition coefficient (Wildman–Crippen LogP) is 5.04. The molecule has 2 atom stereocenters. The van der Waals surface area contributed by atoms with Crippen molar-refractivity contribution < 1.29 is 18.7 Å². The lowest BCUT2D eigenvalue weighted by atomic mass is 10.0. The van der Waals surface area contributed by atoms with Crippen LogP contribution in [0.1, 0.15) is 32.2 Å². The minimum Gasteiger partial charge on any atom is -0.444 e. The number of nitrogens with two attached hydrogens (primary N) is 1. The zero-order valence-electron chi connectivity index (χ0n) is 20.1. The fourth-order valence-electron chi connectivity index (χ4n) is 3.64. The van der Waals surface area contributed by atoms with Crippen LogP contribution in [0.3, 0.4) is 0 Å². The van der Waals surface area contributed by atoms with Gasteiger partial charge in [0, 0.05) is 30.9 Å². The van der Waals surface area contributed by atoms with Gasteiger partial charge in [0.05, 0.1) is 17.2 Å². The lowest BCUT2D eigenvalue weighted by Crippen LogP contribution is -2.51. The van der Waals surface area contributed by atoms with Gasteiger partial charge in [0.2, 0.25) is 11.8 Å². The molecule has 2 aromatic heterocycles. The van der Waals surface area contributed by atoms with E-state index in [0.29, 0.717) is 29.0 Å². The summed E-state index contributed by atoms with van der Waals surface area (Å²) in [5.41, 5.74) is 6.36. The topological polar surface area (TPSA) is 115 Å². The van der Waals surface area contributed by atoms with Crippen LogP contribution in [0.25, 0.3) is 10.6 Å². The number of carbonyl (C=O) groups excluding carboxylic acids is 1. The van der Waals surface area contributed by atoms with Crippen LogP contribution >= 0.6 is 11.3 Å². The van der Waals surface area contributed by atoms with Gasteiger partial charge in [0.15, 0.2) is 0 Å². The molecule has 1 amide bonds. The number of halogens is 1. The molecule has 1 aliphatic heterocycles. The SMILES string of the molecule is Cc1nc(Oc2ccc(N)cc2)c(-c2ccnc(N[C@H]3C[C@H](F)CN(C(=O)OC(C)(C)C)C3)n2)s1. The Labute approximate surface area is 207 Å². The van der Waals surface area contributed by atoms with Gasteiger partial charge in [0.1, 0.15) is 22.4 Å². The second-order valence-electron chi connectivity index (χ2n) is 9.36. The number of nitrogens with zero attached hydrogens (tertiary/aromatic N) is 4. The summed E-state index contributed by atoms with van der Waals surface area (Å²) in [6, 6.07) is 8.45. The number of anilines is 2. The van der Waals surface area contributed by atoms with Crippen molar-refractivity contribution in [2.75, 3.05) is 24.1 Å². The minimum absolute atomic E-state index is 0.0000335. The highest BCUT2D eigenvalue weighted by molar-refractivity contribution is 7.15. The summed E-state index contributed by atoms with van der Waals surface area (Å²) in [7, 11) is 0. The first-order valence-corrected chi connectivity index (χ1v) is 12.1. The zero-order valence-corrected chi connectivity index (χ0v) is 20.9. The average Bonchev–Trinajstić information content (AvgIpc) is 3.14. The maximum Gasteiger partial charge on any atom is 0.410 e. The largest absolute Gasteiger partial charge is 0.444 e. The Morgan fingerprint density at radius 3 is 2.66 bits per heavy atom. The van der Waals surface area contributed by atoms with E-state index in [0.717, 1.165) is 9.88 Å². The second-order valence-corrected chi connectivity index (χ2v) is 10.6. The molecule has 0 unspecified atom stereocenters. The Bertz CT molecular complexity index is 1180. The summed E-state index contributed by atoms with van der Waals surface area (Å²) in [6.07, 6.45) is 0.138. The molecule has 0 bridgehead atoms. The molecule has 35 heavy (non-hydrogen) atoms. The van der Waals surface area contributed by atoms with Crippen LogP contribution in [0.5, 0.6) is 11.6 Å². The smallest absolute Gasteiger partial charge is 0.410 e. The first-order chi connectivity index (χ1) is 16.6. The average molecular weight is 501 g/mol. The van der Waals surface area contributed by atoms with Crippen LogP contribution in [-0.2, 0) is 4.74 Å². The van der Waals surface area contributed by atoms with E-state index in [1.54, 1.807) is 57.3 Å². The molecule has 1 fully saturated rings. The standard InChI is InChI=1S/C24H29FN6O3S/c1-14-28-21(33-18-7-5-16(26)6-8-18)20(35-14)19-9-10-27-22(30-19)29-17-11-15(25)12-31(13-17)23(32)34-24(2,3)4/h5-10,15,17H,11-13,26H2,1-4H3,(H,27,29,30)/t15-,17-/m0/s1. The summed E-state index contributed by atoms with van der Waals surface area (Å²) < 4.78 is 25.8. The van der Waals surface area contributed by atoms with E-state index in [9.17, 15) is 9.18 Å². The number of likely N-dealkylation sites (tertiary alicyclic amines) is 1. The summed E-state index contributed by atoms with van der Waals surface area (Å²) in [4.78, 5) is 28.0. The Hall–Kier alpha value is -3.47. The number of hydrogen-bond acceptors (Lipinski definition) is 9. The van der Waals surface area contributed by atoms with Crippen molar-refractivity contribution in [3.63, 3.8) is 0 Å². The number of rotatable bonds is 5. The van der Waals surface area contributed by atoms with Gasteiger partial charge in [-0.05, 0) is 58.0 Å². The first-order valence-electron chi connectivity index (χ1n) is 11.3. The van der Waals surface area contributed by atoms with Gasteiger partial charge in [-0.25, -0.2) is 24.1 Å². The van der Waals surface area contributed by atoms with E-state index in [-0.39, 0.29) is 25.6 Å². The quantitative estimate of drug-likeness (QED) is 0.468. The van der Waals surface area contributed by atoms with Crippen molar-refractivity contribution in [1.82, 2.24) is 19.9 Å². The molecular weight excluding hydrogens is 471 g/mol. The van der Waals surface area contributed by atoms with Crippen LogP contribution in [0, 0.1) is 6.92 Å². The molecule has 4 rings (SSSR count). The molecule has 1 aromatic carbocycles. The molecule has 186 valence electrons. The van der Waals surface area contributed by atoms with Gasteiger partial charge in [-0.3, -0.25) is 0 Å². The number of benzene rings is 1. The van der Waals surface area contributed by atoms with Gasteiger partial charge in [-0.1, -0.05) is 0 Å². The van der Waals surface area contributed by atoms with Gasteiger partial charge in [-0.2, -0.15) is 0 Å². The molecule has 0 spiro atoms. The molecule has 1 aliphatic rings. The lowest BCUT2D eigenvalue weighted by Gasteiger charge is -2.36. The van der Waals surface area contributed by atoms with Crippen molar-refractivity contribution in [1.29, 1.82) is 0 Å². The van der Waals surface area contributed by atoms with Crippen LogP contribution in [-0.4, -0.2) is 56.8 Å². The summed E-state index contributed by atoms with van der Waals surface area (Å²) in [6.45, 7) is 7.52. The fourth-order valence-corrected chi connectivity index (χ4v) is 4.46. The highest BCUT2D eigenvalue weighted by Gasteiger charge is 2.33. The van der Waals surface area contributed by atoms with Gasteiger partial charge in [0.25, 0.3) is 0 Å². The molecule has 3 aromatic rings. The van der Waals surface area contributed by atoms with E-state index in [2.05, 4.69) is 20.3 Å². The molecule has 0 saturated carbocycles. The van der Waals surface area contributed by atoms with E-state index in [1.165, 1.54) is 16.2 Å². The van der Waals surface area contributed by atoms with Crippen LogP contribution in [0.15, 0.2) is 36.5 Å². The number of alkyl halides is 1. The van der Waals surface area contributed by atoms with Gasteiger partial charge in [-0.15, -0.1) is 11.3 Å². The van der Waals surface area contributed by atoms with E-state index < -0.39 is 17.9 Å². The van der Waals surface area contributed by atoms with Crippen LogP contribution in [0.2, 0.25) is 0 Å². The minimum atomic E-state index is -1.18. The lowest BCUT2D eigenvalue weighted by molar-refractivity contribution is 0.0124. The number of ether oxygens (including phenoxy) is 2. The van der Waals surface area contributed by atoms with Crippen molar-refractivity contribution in [3.05, 3.63) is 41.5 Å². The second kappa shape index (κ2) is 10.0. The summed E-state index contributed by atoms with van der Waals surface area (Å²) in [5, 5.41) is 3.99. The number of hydrogen-bond donors (Lipinski definition) is 2. The van der Waals surface area contributed by atoms with Crippen molar-refractivity contribution in [2.24, 2.45) is 0 Å². The number of amides is 1. The maximum absolute atomic E-state index is 14.5. The number of thiazole rings is 1. The zero-order chi connectivity index (χ0) is 25.2. The highest BCUT2D eigenvalue weighted by atomic mass is 32.1. The molecule has 9 nitrogen and oxygen atoms in total. The Morgan fingerprint density at radius 1 is 1.20 bits per heavy atom. The number of aromatic nitrogens is 3. The van der Waals surface area contributed by atoms with E-state index >= 15 is 0 Å². The van der Waals surface area contributed by atoms with Gasteiger partial charge >= 0.3 is 6.09 Å². The number of nitrogens with one attached hydrogen (secondary N) is 1. The maximum atomic E-state index is 14.5. The van der Waals surface area contributed by atoms with Crippen molar-refractivity contribution in [3.8, 4) is 22.2 Å². The predicted molar refractivity (Wildman–Crippen MR) is 134 cm³/mol. The molecule has 3 heterocycles. The van der Waals surface area contributed by atoms with Crippen molar-refractivity contribution >= 4 is 29.1 Å². The van der Waals surface area contributed by atoms with E-state index in [1.807, 2.05) is 6.92 Å². The Morgan fingerprint density at radius 2 is 1.94 bits per heavy atom. The Kier molecular flexibility index (Phi) is 7.06. The molecule has 3 N–H and O–H groups in total. The first kappa shape index (κ1) is 24.6. The third-order valence-electron chi connectivity index (χ3n) is 5.07. The van der Waals surface area contributed by atoms with Gasteiger partial charge < -0.3 is 25.4 Å². The number of aryl methyl sites for hydroxylation is 1. The monoisotopic (exact) mass is 500 g/mol. The van der Waals surface area contributed by atoms with E-state index in [4.69, 9.17) is 15.2 Å². The normalized spacial score (nSPS) is 18.3. The third kappa shape index (κ3) is 6.56. The number of nitrogen functional groups attached to an aromatic ring is 1. The number of piperidine rings is 1. The molecule has 0 radical (unpaired) electrons. The fraction of sp³-hybridized carbons (Fsp3) is 0.417. The summed E-state index contributed by atoms with van der Waals surface area (Å²) in [5.74, 6) is 1.37. The van der Waals surface area contributed by atoms with Crippen LogP contribution < -0.4 is 15.8 Å². The van der Waals surface area contributed by atoms with Crippen molar-refractivity contribution in [2.45, 2.75) is 51.9 Å². The molecule has 0 aliphatic carbocycles.